The third-order valence-corrected chi connectivity index (χ3v) is 6.16. The van der Waals surface area contributed by atoms with E-state index >= 15 is 0 Å². The normalized spacial score (nSPS) is 25.3. The van der Waals surface area contributed by atoms with Crippen LogP contribution in [0.2, 0.25) is 0 Å². The van der Waals surface area contributed by atoms with Crippen LogP contribution in [0.4, 0.5) is 0 Å². The zero-order valence-corrected chi connectivity index (χ0v) is 13.5. The summed E-state index contributed by atoms with van der Waals surface area (Å²) in [7, 11) is -3.55. The van der Waals surface area contributed by atoms with E-state index in [4.69, 9.17) is 0 Å². The quantitative estimate of drug-likeness (QED) is 0.897. The minimum absolute atomic E-state index is 0.220. The highest BCUT2D eigenvalue weighted by atomic mass is 32.2. The van der Waals surface area contributed by atoms with Gasteiger partial charge >= 0.3 is 0 Å². The van der Waals surface area contributed by atoms with Crippen LogP contribution in [-0.4, -0.2) is 25.7 Å². The van der Waals surface area contributed by atoms with Gasteiger partial charge in [-0.2, -0.15) is 0 Å². The van der Waals surface area contributed by atoms with Crippen LogP contribution in [0.15, 0.2) is 17.0 Å². The second-order valence-corrected chi connectivity index (χ2v) is 8.13. The molecule has 0 saturated heterocycles. The van der Waals surface area contributed by atoms with Gasteiger partial charge < -0.3 is 5.11 Å². The minimum atomic E-state index is -3.55. The van der Waals surface area contributed by atoms with E-state index in [-0.39, 0.29) is 6.04 Å². The SMILES string of the molecule is Cc1cc(C)c(S(=O)(=O)NC2CC(O)C2(C)C)c(C)c1. The summed E-state index contributed by atoms with van der Waals surface area (Å²) in [5.74, 6) is 0. The molecule has 0 amide bonds. The van der Waals surface area contributed by atoms with Crippen molar-refractivity contribution in [1.29, 1.82) is 0 Å². The Morgan fingerprint density at radius 2 is 1.70 bits per heavy atom. The van der Waals surface area contributed by atoms with Crippen molar-refractivity contribution < 1.29 is 13.5 Å². The lowest BCUT2D eigenvalue weighted by Gasteiger charge is -2.49. The third-order valence-electron chi connectivity index (χ3n) is 4.39. The summed E-state index contributed by atoms with van der Waals surface area (Å²) in [6.07, 6.45) is 0.0197. The Morgan fingerprint density at radius 1 is 1.20 bits per heavy atom. The molecule has 1 aromatic carbocycles. The van der Waals surface area contributed by atoms with Gasteiger partial charge in [-0.25, -0.2) is 13.1 Å². The van der Waals surface area contributed by atoms with Crippen molar-refractivity contribution in [3.05, 3.63) is 28.8 Å². The monoisotopic (exact) mass is 297 g/mol. The zero-order valence-electron chi connectivity index (χ0n) is 12.7. The fourth-order valence-corrected chi connectivity index (χ4v) is 4.80. The van der Waals surface area contributed by atoms with Gasteiger partial charge in [0.1, 0.15) is 0 Å². The van der Waals surface area contributed by atoms with Gasteiger partial charge in [0.25, 0.3) is 0 Å². The van der Waals surface area contributed by atoms with Crippen LogP contribution in [0, 0.1) is 26.2 Å². The Balaban J connectivity index is 2.33. The Hall–Kier alpha value is -0.910. The van der Waals surface area contributed by atoms with Gasteiger partial charge in [-0.15, -0.1) is 0 Å². The zero-order chi connectivity index (χ0) is 15.3. The van der Waals surface area contributed by atoms with Gasteiger partial charge in [0.05, 0.1) is 11.0 Å². The molecule has 1 aliphatic carbocycles. The average Bonchev–Trinajstić information content (AvgIpc) is 2.26. The summed E-state index contributed by atoms with van der Waals surface area (Å²) < 4.78 is 27.9. The Labute approximate surface area is 121 Å². The van der Waals surface area contributed by atoms with E-state index < -0.39 is 21.5 Å². The Kier molecular flexibility index (Phi) is 3.73. The van der Waals surface area contributed by atoms with Crippen LogP contribution in [0.1, 0.15) is 37.0 Å². The number of hydrogen-bond donors (Lipinski definition) is 2. The van der Waals surface area contributed by atoms with E-state index in [9.17, 15) is 13.5 Å². The van der Waals surface area contributed by atoms with Crippen molar-refractivity contribution >= 4 is 10.0 Å². The molecule has 0 aliphatic heterocycles. The third kappa shape index (κ3) is 2.50. The molecule has 0 aromatic heterocycles. The van der Waals surface area contributed by atoms with E-state index in [2.05, 4.69) is 4.72 Å². The lowest BCUT2D eigenvalue weighted by atomic mass is 9.65. The topological polar surface area (TPSA) is 66.4 Å². The van der Waals surface area contributed by atoms with E-state index in [0.717, 1.165) is 16.7 Å². The molecule has 20 heavy (non-hydrogen) atoms. The highest BCUT2D eigenvalue weighted by Gasteiger charge is 2.49. The fraction of sp³-hybridized carbons (Fsp3) is 0.600. The smallest absolute Gasteiger partial charge is 0.241 e. The lowest BCUT2D eigenvalue weighted by Crippen LogP contribution is -2.61. The standard InChI is InChI=1S/C15H23NO3S/c1-9-6-10(2)14(11(3)7-9)20(18,19)16-12-8-13(17)15(12,4)5/h6-7,12-13,16-17H,8H2,1-5H3. The van der Waals surface area contributed by atoms with Crippen molar-refractivity contribution in [3.8, 4) is 0 Å². The molecule has 2 N–H and O–H groups in total. The van der Waals surface area contributed by atoms with Crippen molar-refractivity contribution in [2.24, 2.45) is 5.41 Å². The molecule has 1 aliphatic rings. The summed E-state index contributed by atoms with van der Waals surface area (Å²) in [6.45, 7) is 9.34. The van der Waals surface area contributed by atoms with Crippen molar-refractivity contribution in [3.63, 3.8) is 0 Å². The molecule has 5 heteroatoms. The predicted molar refractivity (Wildman–Crippen MR) is 79.2 cm³/mol. The molecule has 0 radical (unpaired) electrons. The highest BCUT2D eigenvalue weighted by molar-refractivity contribution is 7.89. The molecule has 0 heterocycles. The highest BCUT2D eigenvalue weighted by Crippen LogP contribution is 2.41. The number of aliphatic hydroxyl groups excluding tert-OH is 1. The number of sulfonamides is 1. The summed E-state index contributed by atoms with van der Waals surface area (Å²) in [5.41, 5.74) is 2.15. The summed E-state index contributed by atoms with van der Waals surface area (Å²) in [4.78, 5) is 0.361. The molecule has 112 valence electrons. The van der Waals surface area contributed by atoms with Crippen LogP contribution in [0.3, 0.4) is 0 Å². The average molecular weight is 297 g/mol. The number of benzene rings is 1. The van der Waals surface area contributed by atoms with Crippen molar-refractivity contribution in [2.75, 3.05) is 0 Å². The number of aryl methyl sites for hydroxylation is 3. The van der Waals surface area contributed by atoms with E-state index in [1.165, 1.54) is 0 Å². The lowest BCUT2D eigenvalue weighted by molar-refractivity contribution is -0.0645. The molecular weight excluding hydrogens is 274 g/mol. The Morgan fingerprint density at radius 3 is 2.10 bits per heavy atom. The maximum absolute atomic E-state index is 12.6. The molecule has 2 rings (SSSR count). The number of aliphatic hydroxyl groups is 1. The first-order chi connectivity index (χ1) is 9.05. The van der Waals surface area contributed by atoms with E-state index in [1.54, 1.807) is 0 Å². The summed E-state index contributed by atoms with van der Waals surface area (Å²) >= 11 is 0. The van der Waals surface area contributed by atoms with Crippen LogP contribution < -0.4 is 4.72 Å². The first kappa shape index (κ1) is 15.5. The molecule has 1 aromatic rings. The number of nitrogens with one attached hydrogen (secondary N) is 1. The molecule has 1 fully saturated rings. The molecule has 1 saturated carbocycles. The molecular formula is C15H23NO3S. The van der Waals surface area contributed by atoms with Gasteiger partial charge in [0.2, 0.25) is 10.0 Å². The second-order valence-electron chi connectivity index (χ2n) is 6.47. The fourth-order valence-electron chi connectivity index (χ4n) is 2.94. The number of hydrogen-bond acceptors (Lipinski definition) is 3. The van der Waals surface area contributed by atoms with E-state index in [1.807, 2.05) is 46.8 Å². The first-order valence-electron chi connectivity index (χ1n) is 6.84. The largest absolute Gasteiger partial charge is 0.392 e. The van der Waals surface area contributed by atoms with Crippen LogP contribution in [-0.2, 0) is 10.0 Å². The molecule has 0 spiro atoms. The van der Waals surface area contributed by atoms with Crippen molar-refractivity contribution in [2.45, 2.75) is 58.1 Å². The van der Waals surface area contributed by atoms with Gasteiger partial charge in [-0.3, -0.25) is 0 Å². The number of rotatable bonds is 3. The van der Waals surface area contributed by atoms with Crippen LogP contribution in [0.5, 0.6) is 0 Å². The molecule has 0 bridgehead atoms. The van der Waals surface area contributed by atoms with Crippen molar-refractivity contribution in [1.82, 2.24) is 4.72 Å². The molecule has 2 unspecified atom stereocenters. The minimum Gasteiger partial charge on any atom is -0.392 e. The summed E-state index contributed by atoms with van der Waals surface area (Å²) in [6, 6.07) is 3.53. The molecule has 2 atom stereocenters. The molecule has 4 nitrogen and oxygen atoms in total. The maximum Gasteiger partial charge on any atom is 0.241 e. The predicted octanol–water partition coefficient (Wildman–Crippen LogP) is 2.05. The van der Waals surface area contributed by atoms with Gasteiger partial charge in [0.15, 0.2) is 0 Å². The van der Waals surface area contributed by atoms with Gasteiger partial charge in [-0.1, -0.05) is 31.5 Å². The van der Waals surface area contributed by atoms with Gasteiger partial charge in [-0.05, 0) is 38.3 Å². The van der Waals surface area contributed by atoms with Gasteiger partial charge in [0, 0.05) is 11.5 Å². The van der Waals surface area contributed by atoms with E-state index in [0.29, 0.717) is 11.3 Å². The second kappa shape index (κ2) is 4.83. The Bertz CT molecular complexity index is 612. The maximum atomic E-state index is 12.6. The van der Waals surface area contributed by atoms with Crippen LogP contribution in [0.25, 0.3) is 0 Å². The van der Waals surface area contributed by atoms with Crippen LogP contribution >= 0.6 is 0 Å². The summed E-state index contributed by atoms with van der Waals surface area (Å²) in [5, 5.41) is 9.72. The first-order valence-corrected chi connectivity index (χ1v) is 8.32.